The summed E-state index contributed by atoms with van der Waals surface area (Å²) >= 11 is 2.05. The molecule has 1 aliphatic carbocycles. The maximum absolute atomic E-state index is 6.62. The molecule has 0 saturated heterocycles. The molecule has 1 fully saturated rings. The number of fused-ring (bicyclic) bond motifs is 1. The Morgan fingerprint density at radius 1 is 1.28 bits per heavy atom. The second-order valence-electron chi connectivity index (χ2n) is 6.30. The van der Waals surface area contributed by atoms with E-state index in [1.807, 2.05) is 11.8 Å². The molecule has 0 aromatic heterocycles. The largest absolute Gasteiger partial charge is 0.325 e. The maximum atomic E-state index is 6.62. The lowest BCUT2D eigenvalue weighted by Crippen LogP contribution is -2.45. The lowest BCUT2D eigenvalue weighted by molar-refractivity contribution is 0.231. The van der Waals surface area contributed by atoms with Crippen molar-refractivity contribution in [1.29, 1.82) is 0 Å². The van der Waals surface area contributed by atoms with Crippen molar-refractivity contribution >= 4 is 11.8 Å². The Hall–Kier alpha value is -0.470. The van der Waals surface area contributed by atoms with Gasteiger partial charge in [-0.15, -0.1) is 11.8 Å². The first-order valence-corrected chi connectivity index (χ1v) is 8.06. The van der Waals surface area contributed by atoms with Crippen molar-refractivity contribution in [3.63, 3.8) is 0 Å². The number of nitrogens with two attached hydrogens (primary N) is 1. The number of benzene rings is 1. The summed E-state index contributed by atoms with van der Waals surface area (Å²) in [5.74, 6) is 0.884. The Labute approximate surface area is 115 Å². The van der Waals surface area contributed by atoms with E-state index in [9.17, 15) is 0 Å². The van der Waals surface area contributed by atoms with Gasteiger partial charge in [0.1, 0.15) is 0 Å². The van der Waals surface area contributed by atoms with Gasteiger partial charge in [0.15, 0.2) is 0 Å². The first-order valence-electron chi connectivity index (χ1n) is 7.18. The molecule has 0 radical (unpaired) electrons. The van der Waals surface area contributed by atoms with Gasteiger partial charge in [-0.1, -0.05) is 25.1 Å². The van der Waals surface area contributed by atoms with Gasteiger partial charge in [-0.05, 0) is 56.1 Å². The monoisotopic (exact) mass is 261 g/mol. The summed E-state index contributed by atoms with van der Waals surface area (Å²) < 4.78 is 0. The van der Waals surface area contributed by atoms with Crippen LogP contribution in [0.15, 0.2) is 29.2 Å². The molecule has 18 heavy (non-hydrogen) atoms. The highest BCUT2D eigenvalue weighted by Gasteiger charge is 2.34. The van der Waals surface area contributed by atoms with Gasteiger partial charge in [0.25, 0.3) is 0 Å². The third-order valence-electron chi connectivity index (χ3n) is 4.62. The fourth-order valence-electron chi connectivity index (χ4n) is 3.36. The van der Waals surface area contributed by atoms with Gasteiger partial charge in [0.05, 0.1) is 0 Å². The maximum Gasteiger partial charge on any atom is 0.0165 e. The van der Waals surface area contributed by atoms with Gasteiger partial charge in [-0.25, -0.2) is 0 Å². The molecular formula is C16H23NS. The molecule has 1 nitrogen and oxygen atoms in total. The predicted octanol–water partition coefficient (Wildman–Crippen LogP) is 4.00. The minimum Gasteiger partial charge on any atom is -0.325 e. The summed E-state index contributed by atoms with van der Waals surface area (Å²) in [6, 6.07) is 8.83. The van der Waals surface area contributed by atoms with Crippen molar-refractivity contribution in [2.45, 2.75) is 61.1 Å². The van der Waals surface area contributed by atoms with E-state index in [1.165, 1.54) is 49.0 Å². The van der Waals surface area contributed by atoms with Gasteiger partial charge in [0, 0.05) is 15.7 Å². The molecule has 0 bridgehead atoms. The Morgan fingerprint density at radius 3 is 2.72 bits per heavy atom. The van der Waals surface area contributed by atoms with Crippen LogP contribution in [0.2, 0.25) is 0 Å². The number of hydrogen-bond donors (Lipinski definition) is 1. The van der Waals surface area contributed by atoms with Gasteiger partial charge in [0.2, 0.25) is 0 Å². The molecule has 2 N–H and O–H groups in total. The normalized spacial score (nSPS) is 35.4. The molecule has 1 saturated carbocycles. The molecule has 98 valence electrons. The summed E-state index contributed by atoms with van der Waals surface area (Å²) in [6.07, 6.45) is 7.50. The number of rotatable bonds is 2. The predicted molar refractivity (Wildman–Crippen MR) is 79.0 cm³/mol. The van der Waals surface area contributed by atoms with E-state index in [1.54, 1.807) is 0 Å². The zero-order valence-electron chi connectivity index (χ0n) is 11.2. The molecule has 2 aliphatic rings. The zero-order chi connectivity index (χ0) is 12.6. The molecule has 1 aromatic carbocycles. The van der Waals surface area contributed by atoms with Gasteiger partial charge in [-0.3, -0.25) is 0 Å². The highest BCUT2D eigenvalue weighted by molar-refractivity contribution is 8.00. The molecule has 1 aromatic rings. The summed E-state index contributed by atoms with van der Waals surface area (Å²) in [7, 11) is 0. The van der Waals surface area contributed by atoms with Gasteiger partial charge < -0.3 is 5.73 Å². The third kappa shape index (κ3) is 2.60. The molecule has 1 heterocycles. The summed E-state index contributed by atoms with van der Waals surface area (Å²) in [4.78, 5) is 1.48. The number of thioether (sulfide) groups is 1. The fourth-order valence-corrected chi connectivity index (χ4v) is 4.86. The average molecular weight is 261 g/mol. The van der Waals surface area contributed by atoms with Crippen LogP contribution in [-0.2, 0) is 6.42 Å². The van der Waals surface area contributed by atoms with Crippen LogP contribution in [0.4, 0.5) is 0 Å². The zero-order valence-corrected chi connectivity index (χ0v) is 12.0. The highest BCUT2D eigenvalue weighted by Crippen LogP contribution is 2.43. The van der Waals surface area contributed by atoms with Crippen molar-refractivity contribution in [2.24, 2.45) is 11.7 Å². The Balaban J connectivity index is 1.62. The topological polar surface area (TPSA) is 26.0 Å². The van der Waals surface area contributed by atoms with Crippen LogP contribution in [0.25, 0.3) is 0 Å². The van der Waals surface area contributed by atoms with Crippen LogP contribution in [0, 0.1) is 5.92 Å². The first kappa shape index (κ1) is 12.6. The SMILES string of the molecule is CC1CCC(N)(CC2Cc3ccccc3S2)CC1. The van der Waals surface area contributed by atoms with E-state index in [0.717, 1.165) is 5.92 Å². The molecule has 2 heteroatoms. The van der Waals surface area contributed by atoms with Gasteiger partial charge in [-0.2, -0.15) is 0 Å². The quantitative estimate of drug-likeness (QED) is 0.870. The van der Waals surface area contributed by atoms with Gasteiger partial charge >= 0.3 is 0 Å². The Morgan fingerprint density at radius 2 is 2.00 bits per heavy atom. The smallest absolute Gasteiger partial charge is 0.0165 e. The van der Waals surface area contributed by atoms with E-state index in [-0.39, 0.29) is 5.54 Å². The summed E-state index contributed by atoms with van der Waals surface area (Å²) in [5, 5.41) is 0.709. The average Bonchev–Trinajstić information content (AvgIpc) is 2.75. The molecule has 1 atom stereocenters. The highest BCUT2D eigenvalue weighted by atomic mass is 32.2. The minimum atomic E-state index is 0.117. The molecular weight excluding hydrogens is 238 g/mol. The molecule has 1 unspecified atom stereocenters. The van der Waals surface area contributed by atoms with Crippen LogP contribution in [0.3, 0.4) is 0 Å². The van der Waals surface area contributed by atoms with Crippen LogP contribution < -0.4 is 5.73 Å². The molecule has 3 rings (SSSR count). The molecule has 1 aliphatic heterocycles. The van der Waals surface area contributed by atoms with Crippen molar-refractivity contribution in [2.75, 3.05) is 0 Å². The lowest BCUT2D eigenvalue weighted by atomic mass is 9.75. The third-order valence-corrected chi connectivity index (χ3v) is 5.94. The standard InChI is InChI=1S/C16H23NS/c1-12-6-8-16(17,9-7-12)11-14-10-13-4-2-3-5-15(13)18-14/h2-5,12,14H,6-11,17H2,1H3. The van der Waals surface area contributed by atoms with Crippen molar-refractivity contribution in [1.82, 2.24) is 0 Å². The van der Waals surface area contributed by atoms with E-state index < -0.39 is 0 Å². The summed E-state index contributed by atoms with van der Waals surface area (Å²) in [6.45, 7) is 2.36. The lowest BCUT2D eigenvalue weighted by Gasteiger charge is -2.37. The molecule has 0 amide bonds. The summed E-state index contributed by atoms with van der Waals surface area (Å²) in [5.41, 5.74) is 8.27. The Bertz CT molecular complexity index is 396. The first-order chi connectivity index (χ1) is 8.65. The minimum absolute atomic E-state index is 0.117. The van der Waals surface area contributed by atoms with Crippen LogP contribution in [0.1, 0.15) is 44.6 Å². The second-order valence-corrected chi connectivity index (χ2v) is 7.64. The van der Waals surface area contributed by atoms with E-state index in [2.05, 4.69) is 31.2 Å². The van der Waals surface area contributed by atoms with Crippen molar-refractivity contribution < 1.29 is 0 Å². The Kier molecular flexibility index (Phi) is 3.42. The van der Waals surface area contributed by atoms with E-state index in [0.29, 0.717) is 5.25 Å². The van der Waals surface area contributed by atoms with E-state index in [4.69, 9.17) is 5.73 Å². The number of hydrogen-bond acceptors (Lipinski definition) is 2. The van der Waals surface area contributed by atoms with Crippen molar-refractivity contribution in [3.05, 3.63) is 29.8 Å². The van der Waals surface area contributed by atoms with Crippen LogP contribution >= 0.6 is 11.8 Å². The van der Waals surface area contributed by atoms with E-state index >= 15 is 0 Å². The molecule has 0 spiro atoms. The second kappa shape index (κ2) is 4.90. The van der Waals surface area contributed by atoms with Crippen LogP contribution in [0.5, 0.6) is 0 Å². The fraction of sp³-hybridized carbons (Fsp3) is 0.625. The van der Waals surface area contributed by atoms with Crippen LogP contribution in [-0.4, -0.2) is 10.8 Å². The van der Waals surface area contributed by atoms with Crippen molar-refractivity contribution in [3.8, 4) is 0 Å².